The second-order valence-corrected chi connectivity index (χ2v) is 11.3. The zero-order valence-electron chi connectivity index (χ0n) is 18.3. The summed E-state index contributed by atoms with van der Waals surface area (Å²) in [6.07, 6.45) is 2.18. The average Bonchev–Trinajstić information content (AvgIpc) is 2.78. The van der Waals surface area contributed by atoms with E-state index in [1.165, 1.54) is 25.4 Å². The molecule has 32 heavy (non-hydrogen) atoms. The summed E-state index contributed by atoms with van der Waals surface area (Å²) in [6, 6.07) is 10.8. The van der Waals surface area contributed by atoms with Gasteiger partial charge in [0.1, 0.15) is 5.82 Å². The number of carbonyl (C=O) groups excluding carboxylic acids is 1. The third-order valence-corrected chi connectivity index (χ3v) is 8.54. The van der Waals surface area contributed by atoms with Crippen LogP contribution in [0.2, 0.25) is 0 Å². The molecule has 0 radical (unpaired) electrons. The molecule has 1 saturated heterocycles. The van der Waals surface area contributed by atoms with Gasteiger partial charge in [-0.1, -0.05) is 18.2 Å². The van der Waals surface area contributed by atoms with Crippen molar-refractivity contribution in [3.05, 3.63) is 52.6 Å². The highest BCUT2D eigenvalue weighted by molar-refractivity contribution is 8.15. The predicted molar refractivity (Wildman–Crippen MR) is 122 cm³/mol. The molecule has 0 atom stereocenters. The number of esters is 1. The minimum atomic E-state index is -4.50. The van der Waals surface area contributed by atoms with E-state index in [0.717, 1.165) is 4.31 Å². The van der Waals surface area contributed by atoms with Gasteiger partial charge in [0, 0.05) is 32.5 Å². The molecule has 3 rings (SSSR count). The van der Waals surface area contributed by atoms with Crippen molar-refractivity contribution in [1.29, 1.82) is 0 Å². The van der Waals surface area contributed by atoms with Crippen LogP contribution in [0.1, 0.15) is 19.8 Å². The normalized spacial score (nSPS) is 16.1. The van der Waals surface area contributed by atoms with Gasteiger partial charge in [0.2, 0.25) is 5.82 Å². The van der Waals surface area contributed by atoms with E-state index in [4.69, 9.17) is 4.74 Å². The monoisotopic (exact) mass is 464 g/mol. The van der Waals surface area contributed by atoms with Crippen LogP contribution in [0.25, 0.3) is 0 Å². The number of carbonyl (C=O) groups is 1. The summed E-state index contributed by atoms with van der Waals surface area (Å²) in [7, 11) is -3.07. The molecule has 1 N–H and O–H groups in total. The maximum Gasteiger partial charge on any atom is 0.311 e. The lowest BCUT2D eigenvalue weighted by atomic mass is 9.97. The molecule has 2 heterocycles. The lowest BCUT2D eigenvalue weighted by molar-refractivity contribution is -0.384. The highest BCUT2D eigenvalue weighted by atomic mass is 32.3. The number of piperidine rings is 1. The maximum absolute atomic E-state index is 13.6. The zero-order valence-corrected chi connectivity index (χ0v) is 19.2. The molecular weight excluding hydrogens is 436 g/mol. The van der Waals surface area contributed by atoms with Crippen LogP contribution in [0.3, 0.4) is 0 Å². The fourth-order valence-electron chi connectivity index (χ4n) is 3.68. The molecule has 11 heteroatoms. The summed E-state index contributed by atoms with van der Waals surface area (Å²) in [5.74, 6) is -0.285. The molecule has 1 aromatic heterocycles. The number of aromatic nitrogens is 1. The van der Waals surface area contributed by atoms with Crippen LogP contribution in [-0.4, -0.2) is 57.6 Å². The third-order valence-electron chi connectivity index (χ3n) is 5.70. The number of ether oxygens (including phenoxy) is 1. The Balaban J connectivity index is 1.93. The highest BCUT2D eigenvalue weighted by Gasteiger charge is 2.34. The van der Waals surface area contributed by atoms with E-state index >= 15 is 0 Å². The molecule has 174 valence electrons. The largest absolute Gasteiger partial charge is 0.466 e. The van der Waals surface area contributed by atoms with Crippen LogP contribution >= 0.6 is 0 Å². The van der Waals surface area contributed by atoms with Crippen molar-refractivity contribution >= 4 is 32.8 Å². The first-order valence-electron chi connectivity index (χ1n) is 10.3. The number of hydrogen-bond donors (Lipinski definition) is 1. The van der Waals surface area contributed by atoms with E-state index in [2.05, 4.69) is 4.98 Å². The Bertz CT molecular complexity index is 1060. The molecule has 1 aliphatic rings. The average molecular weight is 465 g/mol. The standard InChI is InChI=1S/C21H28N4O6S/c1-4-31-21(26)16-12-14-24(15-13-16)20-18(25(27)28)10-11-19(22-20)23(2)32(3,29,30)17-8-6-5-7-9-17/h5-11,16H,4,12-15H2,1-3H3,(H,29,30). The quantitative estimate of drug-likeness (QED) is 0.376. The van der Waals surface area contributed by atoms with Gasteiger partial charge < -0.3 is 9.64 Å². The first-order valence-corrected chi connectivity index (χ1v) is 12.6. The molecule has 1 aromatic carbocycles. The van der Waals surface area contributed by atoms with Gasteiger partial charge in [-0.2, -0.15) is 4.21 Å². The van der Waals surface area contributed by atoms with Gasteiger partial charge in [0.05, 0.1) is 22.3 Å². The van der Waals surface area contributed by atoms with Gasteiger partial charge in [0.15, 0.2) is 0 Å². The van der Waals surface area contributed by atoms with E-state index in [0.29, 0.717) is 32.5 Å². The Morgan fingerprint density at radius 1 is 1.28 bits per heavy atom. The molecule has 1 fully saturated rings. The van der Waals surface area contributed by atoms with Crippen molar-refractivity contribution in [3.8, 4) is 0 Å². The molecule has 1 aliphatic heterocycles. The Kier molecular flexibility index (Phi) is 6.51. The van der Waals surface area contributed by atoms with E-state index in [9.17, 15) is 23.7 Å². The molecular formula is C21H28N4O6S. The molecule has 2 aromatic rings. The lowest BCUT2D eigenvalue weighted by Crippen LogP contribution is -2.48. The van der Waals surface area contributed by atoms with Gasteiger partial charge in [0.25, 0.3) is 0 Å². The topological polar surface area (TPSA) is 126 Å². The highest BCUT2D eigenvalue weighted by Crippen LogP contribution is 2.38. The summed E-state index contributed by atoms with van der Waals surface area (Å²) < 4.78 is 31.0. The van der Waals surface area contributed by atoms with Crippen LogP contribution in [0.5, 0.6) is 0 Å². The molecule has 0 bridgehead atoms. The Hall–Kier alpha value is -3.05. The molecule has 0 unspecified atom stereocenters. The smallest absolute Gasteiger partial charge is 0.311 e. The minimum absolute atomic E-state index is 0.109. The van der Waals surface area contributed by atoms with Crippen LogP contribution in [0.15, 0.2) is 47.4 Å². The van der Waals surface area contributed by atoms with Crippen molar-refractivity contribution in [2.24, 2.45) is 5.92 Å². The zero-order chi connectivity index (χ0) is 23.5. The van der Waals surface area contributed by atoms with Gasteiger partial charge in [-0.3, -0.25) is 23.8 Å². The van der Waals surface area contributed by atoms with Crippen LogP contribution in [-0.2, 0) is 19.1 Å². The van der Waals surface area contributed by atoms with E-state index in [-0.39, 0.29) is 34.1 Å². The summed E-state index contributed by atoms with van der Waals surface area (Å²) in [5.41, 5.74) is -0.200. The Morgan fingerprint density at radius 2 is 1.91 bits per heavy atom. The van der Waals surface area contributed by atoms with Gasteiger partial charge in [-0.15, -0.1) is 9.53 Å². The van der Waals surface area contributed by atoms with Crippen molar-refractivity contribution in [3.63, 3.8) is 0 Å². The maximum atomic E-state index is 13.6. The SMILES string of the molecule is CCOC(=O)C1CCN(c2nc(N(C)S(C)(=O)(O)c3ccccc3)ccc2[N+](=O)[O-])CC1. The molecule has 0 amide bonds. The van der Waals surface area contributed by atoms with Crippen molar-refractivity contribution in [2.45, 2.75) is 24.7 Å². The van der Waals surface area contributed by atoms with Crippen molar-refractivity contribution < 1.29 is 23.2 Å². The van der Waals surface area contributed by atoms with Crippen LogP contribution in [0, 0.1) is 16.0 Å². The number of hydrogen-bond acceptors (Lipinski definition) is 7. The van der Waals surface area contributed by atoms with Crippen LogP contribution in [0.4, 0.5) is 17.3 Å². The van der Waals surface area contributed by atoms with E-state index in [1.54, 1.807) is 42.2 Å². The second-order valence-electron chi connectivity index (χ2n) is 7.83. The minimum Gasteiger partial charge on any atom is -0.466 e. The molecule has 0 aliphatic carbocycles. The number of nitrogens with zero attached hydrogens (tertiary/aromatic N) is 4. The van der Waals surface area contributed by atoms with Crippen molar-refractivity contribution in [2.75, 3.05) is 42.2 Å². The number of anilines is 2. The Morgan fingerprint density at radius 3 is 2.47 bits per heavy atom. The summed E-state index contributed by atoms with van der Waals surface area (Å²) in [5, 5.41) is 11.6. The van der Waals surface area contributed by atoms with Gasteiger partial charge in [-0.25, -0.2) is 4.98 Å². The van der Waals surface area contributed by atoms with Gasteiger partial charge >= 0.3 is 11.7 Å². The van der Waals surface area contributed by atoms with Gasteiger partial charge in [-0.05, 0) is 38.0 Å². The molecule has 0 spiro atoms. The first-order chi connectivity index (χ1) is 15.0. The third kappa shape index (κ3) is 4.58. The molecule has 10 nitrogen and oxygen atoms in total. The summed E-state index contributed by atoms with van der Waals surface area (Å²) >= 11 is 0. The second kappa shape index (κ2) is 8.83. The fraction of sp³-hybridized carbons (Fsp3) is 0.429. The first kappa shape index (κ1) is 23.6. The lowest BCUT2D eigenvalue weighted by Gasteiger charge is -2.47. The molecule has 0 saturated carbocycles. The van der Waals surface area contributed by atoms with Crippen molar-refractivity contribution in [1.82, 2.24) is 4.98 Å². The number of rotatable bonds is 7. The number of benzene rings is 1. The van der Waals surface area contributed by atoms with Crippen LogP contribution < -0.4 is 9.21 Å². The van der Waals surface area contributed by atoms with E-state index in [1.807, 2.05) is 0 Å². The Labute approximate surface area is 186 Å². The summed E-state index contributed by atoms with van der Waals surface area (Å²) in [6.45, 7) is 2.82. The summed E-state index contributed by atoms with van der Waals surface area (Å²) in [4.78, 5) is 29.5. The van der Waals surface area contributed by atoms with E-state index < -0.39 is 14.5 Å². The predicted octanol–water partition coefficient (Wildman–Crippen LogP) is 3.10. The number of nitro groups is 1. The fourth-order valence-corrected chi connectivity index (χ4v) is 5.32. The number of pyridine rings is 1.